The van der Waals surface area contributed by atoms with Crippen LogP contribution >= 0.6 is 0 Å². The van der Waals surface area contributed by atoms with Gasteiger partial charge >= 0.3 is 12.1 Å². The number of likely N-dealkylation sites (N-methyl/N-ethyl adjacent to an activating group) is 1. The van der Waals surface area contributed by atoms with Gasteiger partial charge in [0.15, 0.2) is 18.5 Å². The van der Waals surface area contributed by atoms with Gasteiger partial charge in [-0.3, -0.25) is 19.5 Å². The van der Waals surface area contributed by atoms with Gasteiger partial charge in [0.05, 0.1) is 72.7 Å². The number of ether oxygens (including phenoxy) is 6. The zero-order valence-electron chi connectivity index (χ0n) is 37.8. The van der Waals surface area contributed by atoms with E-state index in [0.29, 0.717) is 24.2 Å². The summed E-state index contributed by atoms with van der Waals surface area (Å²) in [6.07, 6.45) is -0.990. The molecule has 5 aliphatic heterocycles. The van der Waals surface area contributed by atoms with Gasteiger partial charge in [0.1, 0.15) is 18.0 Å². The van der Waals surface area contributed by atoms with Crippen LogP contribution in [0.2, 0.25) is 0 Å². The molecule has 5 saturated heterocycles. The molecule has 5 fully saturated rings. The molecule has 3 unspecified atom stereocenters. The minimum Gasteiger partial charge on any atom is -0.458 e. The maximum atomic E-state index is 14.9. The fourth-order valence-corrected chi connectivity index (χ4v) is 10.6. The quantitative estimate of drug-likeness (QED) is 0.275. The van der Waals surface area contributed by atoms with Crippen LogP contribution < -0.4 is 0 Å². The molecule has 340 valence electrons. The molecule has 16 heteroatoms. The van der Waals surface area contributed by atoms with Crippen molar-refractivity contribution in [2.45, 2.75) is 141 Å². The molecular formula is C46H65N5O11. The number of amides is 1. The van der Waals surface area contributed by atoms with E-state index in [0.717, 1.165) is 11.3 Å². The number of oxime groups is 1. The summed E-state index contributed by atoms with van der Waals surface area (Å²) in [7, 11) is 3.83. The third kappa shape index (κ3) is 9.00. The number of hydrogen-bond acceptors (Lipinski definition) is 15. The largest absolute Gasteiger partial charge is 0.458 e. The standard InChI is InChI=1S/C46H65N5O11/c1-11-36-46(8)40-27(4)37(52)25(2)19-45(7)41(61-43-38(53)35(50(9)10)18-26(3)59-43)28(5)39(29(6)42(54)60-36)56-22-31(23-57-45)34(21-51(40)44(55)62-46)49-58-24-32-15-12-16-33(48-32)30-14-13-17-47-20-30/h12-17,20,25-29,31,35-36,38-41,43,53H,11,18-19,21-24H2,1-10H3/b49-34-/t25-,26-,27+,28+,29-,31?,35+,36-,38-,39+,40+,41-,43+,45?,46?/m1/s1. The Kier molecular flexibility index (Phi) is 13.8. The molecule has 0 saturated carbocycles. The van der Waals surface area contributed by atoms with Crippen molar-refractivity contribution in [2.24, 2.45) is 34.7 Å². The van der Waals surface area contributed by atoms with Crippen molar-refractivity contribution in [2.75, 3.05) is 33.9 Å². The molecule has 5 aliphatic rings. The molecule has 0 aromatic carbocycles. The second-order valence-corrected chi connectivity index (χ2v) is 18.8. The summed E-state index contributed by atoms with van der Waals surface area (Å²) in [5, 5.41) is 16.5. The van der Waals surface area contributed by atoms with Gasteiger partial charge in [-0.2, -0.15) is 0 Å². The number of ketones is 1. The summed E-state index contributed by atoms with van der Waals surface area (Å²) in [4.78, 5) is 62.2. The molecule has 2 aromatic heterocycles. The number of carbonyl (C=O) groups excluding carboxylic acids is 3. The highest BCUT2D eigenvalue weighted by atomic mass is 16.7. The molecule has 0 radical (unpaired) electrons. The Balaban J connectivity index is 1.35. The monoisotopic (exact) mass is 863 g/mol. The van der Waals surface area contributed by atoms with Gasteiger partial charge in [-0.05, 0) is 85.3 Å². The fraction of sp³-hybridized carbons (Fsp3) is 0.696. The lowest BCUT2D eigenvalue weighted by atomic mass is 9.73. The summed E-state index contributed by atoms with van der Waals surface area (Å²) in [6, 6.07) is 8.29. The lowest BCUT2D eigenvalue weighted by molar-refractivity contribution is -0.302. The van der Waals surface area contributed by atoms with E-state index >= 15 is 0 Å². The van der Waals surface area contributed by atoms with Crippen LogP contribution in [0.4, 0.5) is 4.79 Å². The van der Waals surface area contributed by atoms with Crippen molar-refractivity contribution < 1.29 is 52.7 Å². The molecule has 7 heterocycles. The van der Waals surface area contributed by atoms with E-state index in [2.05, 4.69) is 4.98 Å². The predicted octanol–water partition coefficient (Wildman–Crippen LogP) is 5.05. The number of carbonyl (C=O) groups is 3. The van der Waals surface area contributed by atoms with Crippen LogP contribution in [0.3, 0.4) is 0 Å². The molecule has 15 atom stereocenters. The SMILES string of the molecule is CC[C@H]1OC(=O)[C@H](C)[C@H]2OCC3COC(C)(C[C@@H](C)C(=O)[C@H](C)[C@@H]4N(C/C3=N/OCc3cccc(-c5cccnc5)n3)C(=O)OC41C)[C@H](O[C@@H]1O[C@H](C)C[C@H](N(C)C)[C@H]1O)[C@H]2C. The second kappa shape index (κ2) is 18.6. The van der Waals surface area contributed by atoms with Gasteiger partial charge in [0.2, 0.25) is 0 Å². The number of pyridine rings is 2. The molecule has 0 spiro atoms. The van der Waals surface area contributed by atoms with E-state index in [1.165, 1.54) is 4.90 Å². The van der Waals surface area contributed by atoms with E-state index in [1.54, 1.807) is 33.2 Å². The van der Waals surface area contributed by atoms with Crippen LogP contribution in [0.1, 0.15) is 80.3 Å². The van der Waals surface area contributed by atoms with E-state index < -0.39 is 89.6 Å². The zero-order chi connectivity index (χ0) is 44.7. The van der Waals surface area contributed by atoms with Gasteiger partial charge in [0, 0.05) is 47.7 Å². The van der Waals surface area contributed by atoms with Crippen LogP contribution in [0.25, 0.3) is 11.3 Å². The summed E-state index contributed by atoms with van der Waals surface area (Å²) in [5.74, 6) is -4.07. The van der Waals surface area contributed by atoms with Crippen molar-refractivity contribution in [1.82, 2.24) is 19.8 Å². The lowest BCUT2D eigenvalue weighted by Crippen LogP contribution is -2.61. The van der Waals surface area contributed by atoms with Gasteiger partial charge < -0.3 is 43.3 Å². The second-order valence-electron chi connectivity index (χ2n) is 18.8. The van der Waals surface area contributed by atoms with Crippen molar-refractivity contribution in [3.05, 3.63) is 48.4 Å². The number of cyclic esters (lactones) is 1. The Hall–Kier alpha value is -4.06. The Morgan fingerprint density at radius 3 is 2.52 bits per heavy atom. The molecule has 0 aliphatic carbocycles. The average molecular weight is 864 g/mol. The first-order valence-corrected chi connectivity index (χ1v) is 22.2. The van der Waals surface area contributed by atoms with Crippen LogP contribution in [-0.2, 0) is 49.5 Å². The first kappa shape index (κ1) is 45.9. The van der Waals surface area contributed by atoms with Crippen LogP contribution in [-0.4, -0.2) is 142 Å². The number of rotatable bonds is 8. The highest BCUT2D eigenvalue weighted by Gasteiger charge is 2.61. The number of aromatic nitrogens is 2. The van der Waals surface area contributed by atoms with Crippen LogP contribution in [0, 0.1) is 29.6 Å². The number of hydrogen-bond donors (Lipinski definition) is 1. The molecule has 16 nitrogen and oxygen atoms in total. The van der Waals surface area contributed by atoms with Crippen molar-refractivity contribution in [3.8, 4) is 11.3 Å². The first-order valence-electron chi connectivity index (χ1n) is 22.2. The molecule has 1 amide bonds. The highest BCUT2D eigenvalue weighted by molar-refractivity contribution is 5.92. The first-order chi connectivity index (χ1) is 29.4. The van der Waals surface area contributed by atoms with Crippen LogP contribution in [0.15, 0.2) is 47.9 Å². The Morgan fingerprint density at radius 1 is 1.03 bits per heavy atom. The van der Waals surface area contributed by atoms with E-state index in [9.17, 15) is 19.5 Å². The maximum Gasteiger partial charge on any atom is 0.411 e. The smallest absolute Gasteiger partial charge is 0.411 e. The third-order valence-electron chi connectivity index (χ3n) is 13.9. The Labute approximate surface area is 364 Å². The van der Waals surface area contributed by atoms with Crippen LogP contribution in [0.5, 0.6) is 0 Å². The van der Waals surface area contributed by atoms with E-state index in [4.69, 9.17) is 43.4 Å². The predicted molar refractivity (Wildman–Crippen MR) is 226 cm³/mol. The number of esters is 1. The van der Waals surface area contributed by atoms with Gasteiger partial charge in [-0.1, -0.05) is 38.9 Å². The summed E-state index contributed by atoms with van der Waals surface area (Å²) in [5.41, 5.74) is -0.000828. The van der Waals surface area contributed by atoms with Crippen molar-refractivity contribution in [1.29, 1.82) is 0 Å². The molecule has 6 bridgehead atoms. The minimum atomic E-state index is -1.40. The summed E-state index contributed by atoms with van der Waals surface area (Å²) >= 11 is 0. The minimum absolute atomic E-state index is 0.00465. The number of aliphatic hydroxyl groups is 1. The number of aliphatic hydroxyl groups excluding tert-OH is 1. The van der Waals surface area contributed by atoms with E-state index in [-0.39, 0.29) is 50.7 Å². The van der Waals surface area contributed by atoms with E-state index in [1.807, 2.05) is 83.9 Å². The number of nitrogens with zero attached hydrogens (tertiary/aromatic N) is 5. The average Bonchev–Trinajstić information content (AvgIpc) is 3.52. The normalized spacial score (nSPS) is 40.0. The number of Topliss-reactive ketones (excluding diaryl/α,β-unsaturated/α-hetero) is 1. The zero-order valence-corrected chi connectivity index (χ0v) is 37.8. The molecule has 62 heavy (non-hydrogen) atoms. The molecule has 1 N–H and O–H groups in total. The number of fused-ring (bicyclic) bond motifs is 5. The van der Waals surface area contributed by atoms with Crippen molar-refractivity contribution in [3.63, 3.8) is 0 Å². The molecule has 2 aromatic rings. The van der Waals surface area contributed by atoms with Gasteiger partial charge in [0.25, 0.3) is 0 Å². The lowest BCUT2D eigenvalue weighted by Gasteiger charge is -2.48. The Morgan fingerprint density at radius 2 is 1.81 bits per heavy atom. The van der Waals surface area contributed by atoms with Crippen molar-refractivity contribution >= 4 is 23.6 Å². The summed E-state index contributed by atoms with van der Waals surface area (Å²) in [6.45, 7) is 14.8. The highest BCUT2D eigenvalue weighted by Crippen LogP contribution is 2.45. The third-order valence-corrected chi connectivity index (χ3v) is 13.9. The maximum absolute atomic E-state index is 14.9. The molecular weight excluding hydrogens is 799 g/mol. The fourth-order valence-electron chi connectivity index (χ4n) is 10.6. The Bertz CT molecular complexity index is 1950. The topological polar surface area (TPSA) is 181 Å². The van der Waals surface area contributed by atoms with Gasteiger partial charge in [-0.25, -0.2) is 9.78 Å². The molecule has 7 rings (SSSR count). The van der Waals surface area contributed by atoms with Gasteiger partial charge in [-0.15, -0.1) is 0 Å². The summed E-state index contributed by atoms with van der Waals surface area (Å²) < 4.78 is 39.9.